The highest BCUT2D eigenvalue weighted by atomic mass is 32.2. The topological polar surface area (TPSA) is 58.2 Å². The quantitative estimate of drug-likeness (QED) is 0.867. The van der Waals surface area contributed by atoms with Crippen LogP contribution in [0.3, 0.4) is 0 Å². The molecular weight excluding hydrogens is 260 g/mol. The molecule has 0 aromatic heterocycles. The Balaban J connectivity index is 1.72. The summed E-state index contributed by atoms with van der Waals surface area (Å²) >= 11 is 0. The van der Waals surface area contributed by atoms with Gasteiger partial charge in [-0.1, -0.05) is 6.92 Å². The number of rotatable bonds is 5. The van der Waals surface area contributed by atoms with Crippen LogP contribution in [-0.2, 0) is 16.4 Å². The zero-order chi connectivity index (χ0) is 13.5. The maximum Gasteiger partial charge on any atom is 0.240 e. The van der Waals surface area contributed by atoms with Crippen LogP contribution in [0, 0.1) is 11.8 Å². The number of hydrogen-bond donors (Lipinski definition) is 2. The van der Waals surface area contributed by atoms with Crippen molar-refractivity contribution in [1.82, 2.24) is 4.72 Å². The second kappa shape index (κ2) is 4.80. The van der Waals surface area contributed by atoms with Crippen molar-refractivity contribution in [1.29, 1.82) is 0 Å². The smallest absolute Gasteiger partial charge is 0.240 e. The van der Waals surface area contributed by atoms with E-state index in [2.05, 4.69) is 17.0 Å². The van der Waals surface area contributed by atoms with Crippen LogP contribution in [0.2, 0.25) is 0 Å². The van der Waals surface area contributed by atoms with Crippen LogP contribution < -0.4 is 10.0 Å². The van der Waals surface area contributed by atoms with E-state index in [1.165, 1.54) is 12.8 Å². The van der Waals surface area contributed by atoms with E-state index in [4.69, 9.17) is 0 Å². The molecule has 104 valence electrons. The molecule has 0 saturated heterocycles. The average molecular weight is 280 g/mol. The van der Waals surface area contributed by atoms with Crippen molar-refractivity contribution in [3.05, 3.63) is 23.8 Å². The van der Waals surface area contributed by atoms with Crippen molar-refractivity contribution in [2.75, 3.05) is 18.4 Å². The van der Waals surface area contributed by atoms with Gasteiger partial charge in [-0.2, -0.15) is 0 Å². The van der Waals surface area contributed by atoms with Crippen molar-refractivity contribution in [3.63, 3.8) is 0 Å². The van der Waals surface area contributed by atoms with Gasteiger partial charge in [0.25, 0.3) is 0 Å². The summed E-state index contributed by atoms with van der Waals surface area (Å²) in [5.41, 5.74) is 2.16. The Morgan fingerprint density at radius 2 is 2.21 bits per heavy atom. The molecule has 1 aliphatic heterocycles. The minimum Gasteiger partial charge on any atom is -0.384 e. The highest BCUT2D eigenvalue weighted by Crippen LogP contribution is 2.36. The molecule has 1 heterocycles. The lowest BCUT2D eigenvalue weighted by Gasteiger charge is -2.12. The molecule has 0 spiro atoms. The molecule has 1 atom stereocenters. The average Bonchev–Trinajstić information content (AvgIpc) is 3.13. The SMILES string of the molecule is CC(CNS(=O)(=O)c1ccc2c(c1)CCN2)C1CC1. The molecule has 2 N–H and O–H groups in total. The Hall–Kier alpha value is -1.07. The van der Waals surface area contributed by atoms with E-state index in [0.29, 0.717) is 23.3 Å². The van der Waals surface area contributed by atoms with Gasteiger partial charge < -0.3 is 5.32 Å². The summed E-state index contributed by atoms with van der Waals surface area (Å²) < 4.78 is 27.2. The number of fused-ring (bicyclic) bond motifs is 1. The monoisotopic (exact) mass is 280 g/mol. The standard InChI is InChI=1S/C14H20N2O2S/c1-10(11-2-3-11)9-16-19(17,18)13-4-5-14-12(8-13)6-7-15-14/h4-5,8,10-11,15-16H,2-3,6-7,9H2,1H3. The largest absolute Gasteiger partial charge is 0.384 e. The zero-order valence-electron chi connectivity index (χ0n) is 11.1. The van der Waals surface area contributed by atoms with Gasteiger partial charge in [-0.05, 0) is 54.9 Å². The van der Waals surface area contributed by atoms with Gasteiger partial charge >= 0.3 is 0 Å². The normalized spacial score (nSPS) is 19.8. The Bertz CT molecular complexity index is 579. The van der Waals surface area contributed by atoms with E-state index < -0.39 is 10.0 Å². The molecule has 3 rings (SSSR count). The summed E-state index contributed by atoms with van der Waals surface area (Å²) in [6, 6.07) is 5.34. The maximum absolute atomic E-state index is 12.2. The second-order valence-corrected chi connectivity index (χ2v) is 7.43. The summed E-state index contributed by atoms with van der Waals surface area (Å²) in [6.45, 7) is 3.56. The van der Waals surface area contributed by atoms with Crippen LogP contribution >= 0.6 is 0 Å². The zero-order valence-corrected chi connectivity index (χ0v) is 12.0. The van der Waals surface area contributed by atoms with Crippen molar-refractivity contribution in [3.8, 4) is 0 Å². The van der Waals surface area contributed by atoms with Crippen LogP contribution in [0.15, 0.2) is 23.1 Å². The van der Waals surface area contributed by atoms with Crippen molar-refractivity contribution >= 4 is 15.7 Å². The van der Waals surface area contributed by atoms with Gasteiger partial charge in [0, 0.05) is 18.8 Å². The third-order valence-electron chi connectivity index (χ3n) is 4.12. The van der Waals surface area contributed by atoms with Crippen LogP contribution in [0.1, 0.15) is 25.3 Å². The summed E-state index contributed by atoms with van der Waals surface area (Å²) in [5, 5.41) is 3.24. The third kappa shape index (κ3) is 2.77. The molecule has 4 nitrogen and oxygen atoms in total. The molecule has 1 fully saturated rings. The number of hydrogen-bond acceptors (Lipinski definition) is 3. The molecule has 1 aliphatic carbocycles. The lowest BCUT2D eigenvalue weighted by molar-refractivity contribution is 0.492. The van der Waals surface area contributed by atoms with Crippen LogP contribution in [0.5, 0.6) is 0 Å². The Morgan fingerprint density at radius 1 is 1.42 bits per heavy atom. The van der Waals surface area contributed by atoms with Crippen LogP contribution in [-0.4, -0.2) is 21.5 Å². The summed E-state index contributed by atoms with van der Waals surface area (Å²) in [4.78, 5) is 0.387. The van der Waals surface area contributed by atoms with Crippen molar-refractivity contribution < 1.29 is 8.42 Å². The molecule has 1 aromatic carbocycles. The van der Waals surface area contributed by atoms with Gasteiger partial charge in [-0.15, -0.1) is 0 Å². The first-order valence-electron chi connectivity index (χ1n) is 6.93. The molecule has 1 aromatic rings. The number of sulfonamides is 1. The first-order chi connectivity index (χ1) is 9.06. The van der Waals surface area contributed by atoms with Gasteiger partial charge in [-0.3, -0.25) is 0 Å². The van der Waals surface area contributed by atoms with E-state index in [1.54, 1.807) is 12.1 Å². The molecular formula is C14H20N2O2S. The van der Waals surface area contributed by atoms with Gasteiger partial charge in [0.2, 0.25) is 10.0 Å². The van der Waals surface area contributed by atoms with E-state index in [-0.39, 0.29) is 0 Å². The minimum atomic E-state index is -3.36. The van der Waals surface area contributed by atoms with Gasteiger partial charge in [0.1, 0.15) is 0 Å². The fourth-order valence-electron chi connectivity index (χ4n) is 2.60. The predicted octanol–water partition coefficient (Wildman–Crippen LogP) is 1.98. The highest BCUT2D eigenvalue weighted by molar-refractivity contribution is 7.89. The highest BCUT2D eigenvalue weighted by Gasteiger charge is 2.29. The fourth-order valence-corrected chi connectivity index (χ4v) is 3.80. The molecule has 2 aliphatic rings. The number of nitrogens with one attached hydrogen (secondary N) is 2. The molecule has 0 amide bonds. The minimum absolute atomic E-state index is 0.387. The molecule has 0 bridgehead atoms. The Morgan fingerprint density at radius 3 is 2.95 bits per heavy atom. The maximum atomic E-state index is 12.2. The Labute approximate surface area is 114 Å². The Kier molecular flexibility index (Phi) is 3.27. The lowest BCUT2D eigenvalue weighted by atomic mass is 10.1. The van der Waals surface area contributed by atoms with Gasteiger partial charge in [-0.25, -0.2) is 13.1 Å². The fraction of sp³-hybridized carbons (Fsp3) is 0.571. The summed E-state index contributed by atoms with van der Waals surface area (Å²) in [7, 11) is -3.36. The number of benzene rings is 1. The van der Waals surface area contributed by atoms with E-state index >= 15 is 0 Å². The molecule has 19 heavy (non-hydrogen) atoms. The van der Waals surface area contributed by atoms with Crippen LogP contribution in [0.25, 0.3) is 0 Å². The molecule has 1 unspecified atom stereocenters. The summed E-state index contributed by atoms with van der Waals surface area (Å²) in [5.74, 6) is 1.15. The van der Waals surface area contributed by atoms with E-state index in [1.807, 2.05) is 6.07 Å². The van der Waals surface area contributed by atoms with Crippen molar-refractivity contribution in [2.24, 2.45) is 11.8 Å². The summed E-state index contributed by atoms with van der Waals surface area (Å²) in [6.07, 6.45) is 3.39. The predicted molar refractivity (Wildman–Crippen MR) is 75.7 cm³/mol. The number of anilines is 1. The lowest BCUT2D eigenvalue weighted by Crippen LogP contribution is -2.29. The molecule has 0 radical (unpaired) electrons. The second-order valence-electron chi connectivity index (χ2n) is 5.66. The van der Waals surface area contributed by atoms with E-state index in [0.717, 1.165) is 24.2 Å². The third-order valence-corrected chi connectivity index (χ3v) is 5.54. The van der Waals surface area contributed by atoms with Gasteiger partial charge in [0.05, 0.1) is 4.90 Å². The first kappa shape index (κ1) is 12.9. The van der Waals surface area contributed by atoms with Crippen LogP contribution in [0.4, 0.5) is 5.69 Å². The van der Waals surface area contributed by atoms with Crippen molar-refractivity contribution in [2.45, 2.75) is 31.1 Å². The van der Waals surface area contributed by atoms with E-state index in [9.17, 15) is 8.42 Å². The molecule has 1 saturated carbocycles. The molecule has 5 heteroatoms. The first-order valence-corrected chi connectivity index (χ1v) is 8.41. The van der Waals surface area contributed by atoms with Gasteiger partial charge in [0.15, 0.2) is 0 Å².